The van der Waals surface area contributed by atoms with E-state index in [1.54, 1.807) is 0 Å². The van der Waals surface area contributed by atoms with E-state index in [4.69, 9.17) is 13.6 Å². The molecule has 0 unspecified atom stereocenters. The fourth-order valence-corrected chi connectivity index (χ4v) is 17.2. The summed E-state index contributed by atoms with van der Waals surface area (Å²) in [6.07, 6.45) is 0.666. The largest absolute Gasteiger partial charge is 0.406 e. The molecule has 1 aliphatic rings. The molecule has 1 aliphatic heterocycles. The maximum absolute atomic E-state index is 7.58. The Balaban J connectivity index is 1.49. The van der Waals surface area contributed by atoms with Crippen molar-refractivity contribution in [2.24, 2.45) is 0 Å². The average molecular weight is 688 g/mol. The lowest BCUT2D eigenvalue weighted by Gasteiger charge is -2.46. The molecule has 0 radical (unpaired) electrons. The first-order valence-electron chi connectivity index (χ1n) is 15.8. The van der Waals surface area contributed by atoms with Gasteiger partial charge in [-0.1, -0.05) is 179 Å². The van der Waals surface area contributed by atoms with Crippen LogP contribution in [0.2, 0.25) is 10.1 Å². The zero-order chi connectivity index (χ0) is 31.4. The van der Waals surface area contributed by atoms with Crippen molar-refractivity contribution in [3.8, 4) is 0 Å². The van der Waals surface area contributed by atoms with Gasteiger partial charge in [-0.15, -0.1) is 0 Å². The molecular formula is C38H47BrO3Si2. The van der Waals surface area contributed by atoms with Crippen LogP contribution < -0.4 is 20.7 Å². The van der Waals surface area contributed by atoms with Gasteiger partial charge in [-0.2, -0.15) is 0 Å². The third-order valence-electron chi connectivity index (χ3n) is 9.06. The topological polar surface area (TPSA) is 27.7 Å². The highest BCUT2D eigenvalue weighted by atomic mass is 79.9. The zero-order valence-corrected chi connectivity index (χ0v) is 30.6. The van der Waals surface area contributed by atoms with Crippen LogP contribution in [0.1, 0.15) is 48.0 Å². The minimum Gasteiger partial charge on any atom is -0.406 e. The number of ether oxygens (including phenoxy) is 1. The first-order valence-corrected chi connectivity index (χ1v) is 20.5. The van der Waals surface area contributed by atoms with Crippen molar-refractivity contribution in [2.45, 2.75) is 75.1 Å². The Bertz CT molecular complexity index is 1380. The first kappa shape index (κ1) is 33.0. The molecule has 44 heavy (non-hydrogen) atoms. The monoisotopic (exact) mass is 686 g/mol. The quantitative estimate of drug-likeness (QED) is 0.132. The Labute approximate surface area is 275 Å². The van der Waals surface area contributed by atoms with E-state index in [-0.39, 0.29) is 27.1 Å². The predicted molar refractivity (Wildman–Crippen MR) is 193 cm³/mol. The number of halogens is 1. The van der Waals surface area contributed by atoms with Crippen LogP contribution >= 0.6 is 15.9 Å². The van der Waals surface area contributed by atoms with Crippen molar-refractivity contribution in [1.82, 2.24) is 0 Å². The van der Waals surface area contributed by atoms with Crippen molar-refractivity contribution in [1.29, 1.82) is 0 Å². The second-order valence-electron chi connectivity index (χ2n) is 13.9. The molecule has 4 aromatic rings. The van der Waals surface area contributed by atoms with Crippen LogP contribution in [0.25, 0.3) is 0 Å². The van der Waals surface area contributed by atoms with E-state index in [1.807, 2.05) is 0 Å². The van der Waals surface area contributed by atoms with E-state index >= 15 is 0 Å². The predicted octanol–water partition coefficient (Wildman–Crippen LogP) is 7.06. The van der Waals surface area contributed by atoms with Crippen molar-refractivity contribution in [3.05, 3.63) is 121 Å². The minimum absolute atomic E-state index is 0.0325. The summed E-state index contributed by atoms with van der Waals surface area (Å²) in [5, 5.41) is 4.95. The molecule has 6 heteroatoms. The molecule has 0 spiro atoms. The molecular weight excluding hydrogens is 640 g/mol. The maximum atomic E-state index is 7.58. The van der Waals surface area contributed by atoms with Gasteiger partial charge in [0.05, 0.1) is 17.0 Å². The summed E-state index contributed by atoms with van der Waals surface area (Å²) in [7, 11) is -5.41. The van der Waals surface area contributed by atoms with Crippen LogP contribution in [-0.2, 0) is 13.6 Å². The summed E-state index contributed by atoms with van der Waals surface area (Å²) in [5.41, 5.74) is 0. The van der Waals surface area contributed by atoms with Gasteiger partial charge < -0.3 is 13.6 Å². The third kappa shape index (κ3) is 6.35. The van der Waals surface area contributed by atoms with Crippen molar-refractivity contribution in [3.63, 3.8) is 0 Å². The van der Waals surface area contributed by atoms with Crippen LogP contribution in [0.15, 0.2) is 121 Å². The molecule has 1 fully saturated rings. The summed E-state index contributed by atoms with van der Waals surface area (Å²) in [5.74, 6) is 0. The molecule has 0 aliphatic carbocycles. The fourth-order valence-electron chi connectivity index (χ4n) is 7.03. The van der Waals surface area contributed by atoms with Gasteiger partial charge >= 0.3 is 0 Å². The molecule has 3 atom stereocenters. The Morgan fingerprint density at radius 2 is 1.00 bits per heavy atom. The molecule has 1 heterocycles. The van der Waals surface area contributed by atoms with E-state index in [2.05, 4.69) is 179 Å². The van der Waals surface area contributed by atoms with Crippen molar-refractivity contribution >= 4 is 53.3 Å². The lowest BCUT2D eigenvalue weighted by atomic mass is 10.1. The molecule has 1 saturated heterocycles. The molecule has 0 N–H and O–H groups in total. The molecule has 0 aromatic heterocycles. The molecule has 3 nitrogen and oxygen atoms in total. The lowest BCUT2D eigenvalue weighted by Crippen LogP contribution is -2.68. The third-order valence-corrected chi connectivity index (χ3v) is 19.9. The van der Waals surface area contributed by atoms with E-state index in [1.165, 1.54) is 20.7 Å². The van der Waals surface area contributed by atoms with Gasteiger partial charge in [0.2, 0.25) is 0 Å². The number of alkyl halides is 1. The second kappa shape index (κ2) is 13.6. The van der Waals surface area contributed by atoms with E-state index in [0.29, 0.717) is 13.2 Å². The molecule has 232 valence electrons. The van der Waals surface area contributed by atoms with Crippen LogP contribution in [-0.4, -0.2) is 46.9 Å². The molecule has 0 bridgehead atoms. The summed E-state index contributed by atoms with van der Waals surface area (Å²) in [6, 6.07) is 43.5. The smallest absolute Gasteiger partial charge is 0.261 e. The second-order valence-corrected chi connectivity index (χ2v) is 23.7. The summed E-state index contributed by atoms with van der Waals surface area (Å²) in [6.45, 7) is 15.2. The van der Waals surface area contributed by atoms with Gasteiger partial charge in [0, 0.05) is 13.2 Å². The number of benzene rings is 4. The van der Waals surface area contributed by atoms with Gasteiger partial charge in [0.25, 0.3) is 16.6 Å². The average Bonchev–Trinajstić information content (AvgIpc) is 3.49. The highest BCUT2D eigenvalue weighted by molar-refractivity contribution is 9.09. The number of hydrogen-bond acceptors (Lipinski definition) is 3. The maximum Gasteiger partial charge on any atom is 0.261 e. The zero-order valence-electron chi connectivity index (χ0n) is 27.0. The standard InChI is InChI=1S/C38H47BrO3Si2/c1-37(2,3)43(30-19-11-7-12-20-30,31-21-13-8-14-22-31)41-29-34(39)36-35(27-28-40-36)42-44(38(4,5)6,32-23-15-9-16-24-32)33-25-17-10-18-26-33/h7-26,34-36H,27-29H2,1-6H3/t34-,35+,36-/m0/s1. The molecule has 4 aromatic carbocycles. The Kier molecular flexibility index (Phi) is 10.2. The van der Waals surface area contributed by atoms with Gasteiger partial charge in [0.1, 0.15) is 0 Å². The SMILES string of the molecule is CC(C)(C)[Si](OC[C@H](Br)[C@@H]1OCC[C@H]1O[Si](c1ccccc1)(c1ccccc1)C(C)(C)C)(c1ccccc1)c1ccccc1. The summed E-state index contributed by atoms with van der Waals surface area (Å²) in [4.78, 5) is -0.0325. The normalized spacial score (nSPS) is 18.7. The summed E-state index contributed by atoms with van der Waals surface area (Å²) >= 11 is 4.09. The van der Waals surface area contributed by atoms with Crippen LogP contribution in [0.5, 0.6) is 0 Å². The van der Waals surface area contributed by atoms with Crippen molar-refractivity contribution in [2.75, 3.05) is 13.2 Å². The number of hydrogen-bond donors (Lipinski definition) is 0. The molecule has 5 rings (SSSR count). The van der Waals surface area contributed by atoms with E-state index in [0.717, 1.165) is 6.42 Å². The minimum atomic E-state index is -2.73. The molecule has 0 amide bonds. The van der Waals surface area contributed by atoms with Crippen LogP contribution in [0, 0.1) is 0 Å². The van der Waals surface area contributed by atoms with E-state index in [9.17, 15) is 0 Å². The van der Waals surface area contributed by atoms with Gasteiger partial charge in [-0.25, -0.2) is 0 Å². The lowest BCUT2D eigenvalue weighted by molar-refractivity contribution is 0.0398. The molecule has 0 saturated carbocycles. The van der Waals surface area contributed by atoms with Gasteiger partial charge in [0.15, 0.2) is 0 Å². The highest BCUT2D eigenvalue weighted by Gasteiger charge is 2.54. The van der Waals surface area contributed by atoms with Gasteiger partial charge in [-0.3, -0.25) is 0 Å². The first-order chi connectivity index (χ1) is 21.0. The Morgan fingerprint density at radius 1 is 0.636 bits per heavy atom. The fraction of sp³-hybridized carbons (Fsp3) is 0.368. The van der Waals surface area contributed by atoms with Crippen LogP contribution in [0.3, 0.4) is 0 Å². The van der Waals surface area contributed by atoms with Gasteiger partial charge in [-0.05, 0) is 37.2 Å². The summed E-state index contributed by atoms with van der Waals surface area (Å²) < 4.78 is 21.4. The Hall–Kier alpha value is -2.33. The highest BCUT2D eigenvalue weighted by Crippen LogP contribution is 2.41. The van der Waals surface area contributed by atoms with E-state index < -0.39 is 16.6 Å². The van der Waals surface area contributed by atoms with Crippen LogP contribution in [0.4, 0.5) is 0 Å². The number of rotatable bonds is 10. The Morgan fingerprint density at radius 3 is 1.36 bits per heavy atom. The van der Waals surface area contributed by atoms with Crippen molar-refractivity contribution < 1.29 is 13.6 Å².